The lowest BCUT2D eigenvalue weighted by molar-refractivity contribution is 0.0515. The number of halogens is 1. The lowest BCUT2D eigenvalue weighted by Crippen LogP contribution is -2.16. The van der Waals surface area contributed by atoms with Gasteiger partial charge in [-0.2, -0.15) is 0 Å². The van der Waals surface area contributed by atoms with Crippen molar-refractivity contribution >= 4 is 34.4 Å². The van der Waals surface area contributed by atoms with Crippen molar-refractivity contribution in [3.63, 3.8) is 0 Å². The number of benzene rings is 2. The van der Waals surface area contributed by atoms with Crippen LogP contribution in [0.2, 0.25) is 0 Å². The van der Waals surface area contributed by atoms with Gasteiger partial charge in [0.15, 0.2) is 0 Å². The Bertz CT molecular complexity index is 649. The average molecular weight is 394 g/mol. The molecule has 2 aromatic rings. The van der Waals surface area contributed by atoms with E-state index in [1.165, 1.54) is 5.56 Å². The predicted octanol–water partition coefficient (Wildman–Crippen LogP) is 3.27. The molecule has 0 aliphatic carbocycles. The van der Waals surface area contributed by atoms with Crippen LogP contribution in [0, 0.1) is 10.5 Å². The van der Waals surface area contributed by atoms with E-state index in [2.05, 4.69) is 27.7 Å². The minimum atomic E-state index is -0.516. The number of hydrogen-bond acceptors (Lipinski definition) is 3. The first kappa shape index (κ1) is 15.5. The second-order valence-corrected chi connectivity index (χ2v) is 5.88. The highest BCUT2D eigenvalue weighted by Crippen LogP contribution is 2.08. The van der Waals surface area contributed by atoms with Gasteiger partial charge in [0.2, 0.25) is 0 Å². The van der Waals surface area contributed by atoms with Crippen molar-refractivity contribution in [2.45, 2.75) is 13.3 Å². The van der Waals surface area contributed by atoms with E-state index in [1.54, 1.807) is 12.1 Å². The molecule has 0 aliphatic rings. The Morgan fingerprint density at radius 1 is 1.14 bits per heavy atom. The fourth-order valence-corrected chi connectivity index (χ4v) is 2.05. The molecule has 0 aliphatic heterocycles. The smallest absolute Gasteiger partial charge is 0.365 e. The Morgan fingerprint density at radius 2 is 1.76 bits per heavy atom. The number of rotatable bonds is 4. The van der Waals surface area contributed by atoms with Gasteiger partial charge < -0.3 is 10.6 Å². The monoisotopic (exact) mass is 394 g/mol. The maximum absolute atomic E-state index is 11.8. The van der Waals surface area contributed by atoms with Crippen LogP contribution in [0.4, 0.5) is 0 Å². The molecule has 0 aromatic heterocycles. The zero-order valence-corrected chi connectivity index (χ0v) is 13.7. The fraction of sp³-hybridized carbons (Fsp3) is 0.125. The normalized spacial score (nSPS) is 11.2. The molecule has 0 heterocycles. The molecule has 0 saturated carbocycles. The summed E-state index contributed by atoms with van der Waals surface area (Å²) in [6, 6.07) is 15.0. The van der Waals surface area contributed by atoms with Crippen LogP contribution < -0.4 is 5.73 Å². The summed E-state index contributed by atoms with van der Waals surface area (Å²) >= 11 is 2.17. The van der Waals surface area contributed by atoms with Gasteiger partial charge in [0.1, 0.15) is 5.84 Å². The minimum Gasteiger partial charge on any atom is -0.384 e. The van der Waals surface area contributed by atoms with Gasteiger partial charge in [-0.05, 0) is 59.3 Å². The summed E-state index contributed by atoms with van der Waals surface area (Å²) in [5, 5.41) is 3.68. The molecule has 0 spiro atoms. The van der Waals surface area contributed by atoms with E-state index in [1.807, 2.05) is 43.3 Å². The van der Waals surface area contributed by atoms with Crippen molar-refractivity contribution in [2.75, 3.05) is 0 Å². The average Bonchev–Trinajstić information content (AvgIpc) is 2.48. The van der Waals surface area contributed by atoms with Gasteiger partial charge in [-0.1, -0.05) is 35.0 Å². The number of amidine groups is 1. The van der Waals surface area contributed by atoms with Gasteiger partial charge in [-0.15, -0.1) is 0 Å². The summed E-state index contributed by atoms with van der Waals surface area (Å²) < 4.78 is 1.05. The summed E-state index contributed by atoms with van der Waals surface area (Å²) in [5.74, 6) is -0.254. The summed E-state index contributed by atoms with van der Waals surface area (Å²) in [6.07, 6.45) is 0.445. The number of nitrogens with zero attached hydrogens (tertiary/aromatic N) is 1. The van der Waals surface area contributed by atoms with Gasteiger partial charge in [0.25, 0.3) is 0 Å². The van der Waals surface area contributed by atoms with Crippen LogP contribution in [-0.2, 0) is 11.3 Å². The summed E-state index contributed by atoms with van der Waals surface area (Å²) in [5.41, 5.74) is 8.41. The molecule has 2 aromatic carbocycles. The predicted molar refractivity (Wildman–Crippen MR) is 91.1 cm³/mol. The minimum absolute atomic E-state index is 0.262. The van der Waals surface area contributed by atoms with Crippen LogP contribution >= 0.6 is 22.6 Å². The van der Waals surface area contributed by atoms with Crippen LogP contribution in [-0.4, -0.2) is 11.8 Å². The first-order valence-corrected chi connectivity index (χ1v) is 7.47. The third kappa shape index (κ3) is 4.86. The Hall–Kier alpha value is -1.89. The van der Waals surface area contributed by atoms with Crippen LogP contribution in [0.15, 0.2) is 53.7 Å². The van der Waals surface area contributed by atoms with E-state index in [4.69, 9.17) is 10.6 Å². The summed E-state index contributed by atoms with van der Waals surface area (Å²) in [7, 11) is 0. The van der Waals surface area contributed by atoms with Crippen LogP contribution in [0.25, 0.3) is 0 Å². The molecule has 2 N–H and O–H groups in total. The standard InChI is InChI=1S/C16H15IN2O2/c1-11-2-4-12(5-3-11)10-15(18)19-21-16(20)13-6-8-14(17)9-7-13/h2-9H,10H2,1H3,(H2,18,19). The van der Waals surface area contributed by atoms with Crippen LogP contribution in [0.3, 0.4) is 0 Å². The van der Waals surface area contributed by atoms with Crippen molar-refractivity contribution in [2.24, 2.45) is 10.9 Å². The molecule has 0 fully saturated rings. The molecule has 0 unspecified atom stereocenters. The van der Waals surface area contributed by atoms with Crippen molar-refractivity contribution in [3.05, 3.63) is 68.8 Å². The molecule has 2 rings (SSSR count). The Balaban J connectivity index is 1.95. The highest BCUT2D eigenvalue weighted by molar-refractivity contribution is 14.1. The van der Waals surface area contributed by atoms with Crippen molar-refractivity contribution < 1.29 is 9.63 Å². The van der Waals surface area contributed by atoms with Crippen molar-refractivity contribution in [1.29, 1.82) is 0 Å². The molecule has 4 nitrogen and oxygen atoms in total. The molecule has 0 atom stereocenters. The molecule has 21 heavy (non-hydrogen) atoms. The quantitative estimate of drug-likeness (QED) is 0.285. The second-order valence-electron chi connectivity index (χ2n) is 4.63. The van der Waals surface area contributed by atoms with Gasteiger partial charge in [-0.3, -0.25) is 0 Å². The highest BCUT2D eigenvalue weighted by atomic mass is 127. The third-order valence-corrected chi connectivity index (χ3v) is 3.55. The lowest BCUT2D eigenvalue weighted by atomic mass is 10.1. The number of hydrogen-bond donors (Lipinski definition) is 1. The number of carbonyl (C=O) groups excluding carboxylic acids is 1. The summed E-state index contributed by atoms with van der Waals surface area (Å²) in [4.78, 5) is 16.6. The van der Waals surface area contributed by atoms with E-state index < -0.39 is 5.97 Å². The zero-order valence-electron chi connectivity index (χ0n) is 11.5. The van der Waals surface area contributed by atoms with Gasteiger partial charge >= 0.3 is 5.97 Å². The van der Waals surface area contributed by atoms with Crippen molar-refractivity contribution in [1.82, 2.24) is 0 Å². The molecular formula is C16H15IN2O2. The third-order valence-electron chi connectivity index (χ3n) is 2.83. The SMILES string of the molecule is Cc1ccc(C/C(N)=N/OC(=O)c2ccc(I)cc2)cc1. The maximum atomic E-state index is 11.8. The largest absolute Gasteiger partial charge is 0.384 e. The van der Waals surface area contributed by atoms with Gasteiger partial charge in [-0.25, -0.2) is 4.79 Å². The molecular weight excluding hydrogens is 379 g/mol. The molecule has 108 valence electrons. The second kappa shape index (κ2) is 7.21. The molecule has 0 radical (unpaired) electrons. The van der Waals surface area contributed by atoms with E-state index in [0.717, 1.165) is 9.13 Å². The topological polar surface area (TPSA) is 64.7 Å². The zero-order chi connectivity index (χ0) is 15.2. The molecule has 0 amide bonds. The van der Waals surface area contributed by atoms with Crippen LogP contribution in [0.1, 0.15) is 21.5 Å². The number of carbonyl (C=O) groups is 1. The fourth-order valence-electron chi connectivity index (χ4n) is 1.69. The van der Waals surface area contributed by atoms with Gasteiger partial charge in [0, 0.05) is 9.99 Å². The van der Waals surface area contributed by atoms with E-state index in [0.29, 0.717) is 12.0 Å². The Morgan fingerprint density at radius 3 is 2.38 bits per heavy atom. The van der Waals surface area contributed by atoms with E-state index >= 15 is 0 Å². The van der Waals surface area contributed by atoms with E-state index in [-0.39, 0.29) is 5.84 Å². The lowest BCUT2D eigenvalue weighted by Gasteiger charge is -2.02. The van der Waals surface area contributed by atoms with E-state index in [9.17, 15) is 4.79 Å². The molecule has 0 bridgehead atoms. The molecule has 0 saturated heterocycles. The van der Waals surface area contributed by atoms with Gasteiger partial charge in [0.05, 0.1) is 5.56 Å². The van der Waals surface area contributed by atoms with Crippen LogP contribution in [0.5, 0.6) is 0 Å². The number of oxime groups is 1. The summed E-state index contributed by atoms with van der Waals surface area (Å²) in [6.45, 7) is 2.02. The van der Waals surface area contributed by atoms with Crippen molar-refractivity contribution in [3.8, 4) is 0 Å². The Kier molecular flexibility index (Phi) is 5.32. The highest BCUT2D eigenvalue weighted by Gasteiger charge is 2.07. The Labute approximate surface area is 137 Å². The first-order chi connectivity index (χ1) is 10.0. The first-order valence-electron chi connectivity index (χ1n) is 6.39. The number of aryl methyl sites for hydroxylation is 1. The maximum Gasteiger partial charge on any atom is 0.365 e. The molecule has 5 heteroatoms. The number of nitrogens with two attached hydrogens (primary N) is 1.